The van der Waals surface area contributed by atoms with E-state index >= 15 is 0 Å². The number of halogens is 2. The molecule has 0 aliphatic heterocycles. The first-order valence-electron chi connectivity index (χ1n) is 6.09. The lowest BCUT2D eigenvalue weighted by Crippen LogP contribution is -2.25. The van der Waals surface area contributed by atoms with Crippen LogP contribution in [-0.4, -0.2) is 21.3 Å². The molecule has 0 aromatic carbocycles. The highest BCUT2D eigenvalue weighted by atomic mass is 35.5. The van der Waals surface area contributed by atoms with Gasteiger partial charge in [0.2, 0.25) is 5.91 Å². The standard InChI is InChI=1S/C13H18N4O.2ClH/c1-10(14)2-3-13(18)16-9-11-4-6-17-7-5-15-12(17)8-11;;/h4-8,10H,2-3,9,14H2,1H3,(H,16,18);2*1H. The van der Waals surface area contributed by atoms with Crippen molar-refractivity contribution in [3.05, 3.63) is 36.3 Å². The van der Waals surface area contributed by atoms with E-state index in [0.717, 1.165) is 11.2 Å². The van der Waals surface area contributed by atoms with Gasteiger partial charge in [0.1, 0.15) is 5.65 Å². The average molecular weight is 319 g/mol. The van der Waals surface area contributed by atoms with E-state index in [1.165, 1.54) is 0 Å². The molecule has 0 aliphatic carbocycles. The number of rotatable bonds is 5. The predicted molar refractivity (Wildman–Crippen MR) is 84.4 cm³/mol. The highest BCUT2D eigenvalue weighted by Crippen LogP contribution is 2.05. The zero-order valence-corrected chi connectivity index (χ0v) is 12.9. The summed E-state index contributed by atoms with van der Waals surface area (Å²) in [5.41, 5.74) is 7.54. The first kappa shape index (κ1) is 18.7. The molecule has 3 N–H and O–H groups in total. The van der Waals surface area contributed by atoms with E-state index in [4.69, 9.17) is 5.73 Å². The Kier molecular flexibility index (Phi) is 8.22. The normalized spacial score (nSPS) is 11.3. The molecule has 0 saturated heterocycles. The van der Waals surface area contributed by atoms with Gasteiger partial charge in [-0.15, -0.1) is 24.8 Å². The van der Waals surface area contributed by atoms with Crippen molar-refractivity contribution in [1.29, 1.82) is 0 Å². The Morgan fingerprint density at radius 1 is 1.45 bits per heavy atom. The van der Waals surface area contributed by atoms with Crippen molar-refractivity contribution in [2.24, 2.45) is 5.73 Å². The van der Waals surface area contributed by atoms with Gasteiger partial charge in [0.25, 0.3) is 0 Å². The summed E-state index contributed by atoms with van der Waals surface area (Å²) in [6.45, 7) is 2.43. The number of aromatic nitrogens is 2. The number of pyridine rings is 1. The molecule has 0 spiro atoms. The monoisotopic (exact) mass is 318 g/mol. The predicted octanol–water partition coefficient (Wildman–Crippen LogP) is 1.92. The second-order valence-corrected chi connectivity index (χ2v) is 4.52. The molecule has 1 amide bonds. The van der Waals surface area contributed by atoms with E-state index in [2.05, 4.69) is 10.3 Å². The Morgan fingerprint density at radius 2 is 2.20 bits per heavy atom. The SMILES string of the molecule is CC(N)CCC(=O)NCc1ccn2ccnc2c1.Cl.Cl. The van der Waals surface area contributed by atoms with Crippen LogP contribution in [0.3, 0.4) is 0 Å². The lowest BCUT2D eigenvalue weighted by Gasteiger charge is -2.07. The number of carbonyl (C=O) groups excluding carboxylic acids is 1. The Hall–Kier alpha value is -1.30. The summed E-state index contributed by atoms with van der Waals surface area (Å²) in [5, 5.41) is 2.88. The zero-order chi connectivity index (χ0) is 13.0. The molecule has 2 aromatic rings. The fraction of sp³-hybridized carbons (Fsp3) is 0.385. The topological polar surface area (TPSA) is 72.4 Å². The summed E-state index contributed by atoms with van der Waals surface area (Å²) < 4.78 is 1.93. The number of hydrogen-bond donors (Lipinski definition) is 2. The number of nitrogens with zero attached hydrogens (tertiary/aromatic N) is 2. The minimum atomic E-state index is 0. The van der Waals surface area contributed by atoms with Crippen molar-refractivity contribution < 1.29 is 4.79 Å². The largest absolute Gasteiger partial charge is 0.352 e. The zero-order valence-electron chi connectivity index (χ0n) is 11.3. The number of fused-ring (bicyclic) bond motifs is 1. The summed E-state index contributed by atoms with van der Waals surface area (Å²) in [5.74, 6) is 0.0375. The number of nitrogens with two attached hydrogens (primary N) is 1. The Bertz CT molecular complexity index is 542. The third-order valence-corrected chi connectivity index (χ3v) is 2.78. The minimum Gasteiger partial charge on any atom is -0.352 e. The van der Waals surface area contributed by atoms with Gasteiger partial charge in [-0.2, -0.15) is 0 Å². The van der Waals surface area contributed by atoms with Crippen LogP contribution in [-0.2, 0) is 11.3 Å². The number of hydrogen-bond acceptors (Lipinski definition) is 3. The van der Waals surface area contributed by atoms with Gasteiger partial charge in [-0.3, -0.25) is 4.79 Å². The molecule has 112 valence electrons. The first-order chi connectivity index (χ1) is 8.65. The van der Waals surface area contributed by atoms with Gasteiger partial charge >= 0.3 is 0 Å². The van der Waals surface area contributed by atoms with Crippen LogP contribution in [0.25, 0.3) is 5.65 Å². The maximum absolute atomic E-state index is 11.5. The minimum absolute atomic E-state index is 0. The molecule has 0 saturated carbocycles. The van der Waals surface area contributed by atoms with Gasteiger partial charge in [0, 0.05) is 37.6 Å². The molecule has 2 rings (SSSR count). The second-order valence-electron chi connectivity index (χ2n) is 4.52. The maximum atomic E-state index is 11.5. The lowest BCUT2D eigenvalue weighted by atomic mass is 10.2. The molecular weight excluding hydrogens is 299 g/mol. The summed E-state index contributed by atoms with van der Waals surface area (Å²) >= 11 is 0. The van der Waals surface area contributed by atoms with Gasteiger partial charge in [-0.1, -0.05) is 0 Å². The summed E-state index contributed by atoms with van der Waals surface area (Å²) in [6, 6.07) is 4.00. The van der Waals surface area contributed by atoms with Crippen molar-refractivity contribution >= 4 is 36.4 Å². The molecule has 0 aliphatic rings. The van der Waals surface area contributed by atoms with E-state index in [0.29, 0.717) is 19.4 Å². The van der Waals surface area contributed by atoms with Crippen LogP contribution >= 0.6 is 24.8 Å². The molecule has 2 heterocycles. The number of nitrogens with one attached hydrogen (secondary N) is 1. The molecule has 0 bridgehead atoms. The van der Waals surface area contributed by atoms with Crippen LogP contribution in [0, 0.1) is 0 Å². The Labute approximate surface area is 130 Å². The highest BCUT2D eigenvalue weighted by molar-refractivity contribution is 5.85. The third-order valence-electron chi connectivity index (χ3n) is 2.78. The molecule has 20 heavy (non-hydrogen) atoms. The molecule has 0 radical (unpaired) electrons. The molecule has 1 unspecified atom stereocenters. The van der Waals surface area contributed by atoms with Crippen LogP contribution in [0.4, 0.5) is 0 Å². The molecule has 2 aromatic heterocycles. The molecule has 1 atom stereocenters. The van der Waals surface area contributed by atoms with E-state index in [1.54, 1.807) is 6.20 Å². The molecule has 7 heteroatoms. The van der Waals surface area contributed by atoms with Gasteiger partial charge in [-0.05, 0) is 31.0 Å². The van der Waals surface area contributed by atoms with Crippen molar-refractivity contribution in [3.63, 3.8) is 0 Å². The summed E-state index contributed by atoms with van der Waals surface area (Å²) in [7, 11) is 0. The number of imidazole rings is 1. The summed E-state index contributed by atoms with van der Waals surface area (Å²) in [6.07, 6.45) is 6.76. The smallest absolute Gasteiger partial charge is 0.220 e. The van der Waals surface area contributed by atoms with Crippen LogP contribution in [0.1, 0.15) is 25.3 Å². The van der Waals surface area contributed by atoms with E-state index in [9.17, 15) is 4.79 Å². The molecule has 5 nitrogen and oxygen atoms in total. The lowest BCUT2D eigenvalue weighted by molar-refractivity contribution is -0.121. The van der Waals surface area contributed by atoms with Crippen LogP contribution in [0.5, 0.6) is 0 Å². The highest BCUT2D eigenvalue weighted by Gasteiger charge is 2.04. The maximum Gasteiger partial charge on any atom is 0.220 e. The van der Waals surface area contributed by atoms with Crippen LogP contribution in [0.15, 0.2) is 30.7 Å². The van der Waals surface area contributed by atoms with Crippen molar-refractivity contribution in [3.8, 4) is 0 Å². The summed E-state index contributed by atoms with van der Waals surface area (Å²) in [4.78, 5) is 15.7. The first-order valence-corrected chi connectivity index (χ1v) is 6.09. The number of amides is 1. The average Bonchev–Trinajstić information content (AvgIpc) is 2.81. The third kappa shape index (κ3) is 5.36. The number of carbonyl (C=O) groups is 1. The molecular formula is C13H20Cl2N4O. The van der Waals surface area contributed by atoms with Crippen molar-refractivity contribution in [2.45, 2.75) is 32.4 Å². The second kappa shape index (κ2) is 8.79. The fourth-order valence-corrected chi connectivity index (χ4v) is 1.71. The van der Waals surface area contributed by atoms with Gasteiger partial charge in [-0.25, -0.2) is 4.98 Å². The van der Waals surface area contributed by atoms with Crippen molar-refractivity contribution in [1.82, 2.24) is 14.7 Å². The van der Waals surface area contributed by atoms with Gasteiger partial charge in [0.15, 0.2) is 0 Å². The van der Waals surface area contributed by atoms with E-state index in [-0.39, 0.29) is 36.8 Å². The van der Waals surface area contributed by atoms with E-state index < -0.39 is 0 Å². The van der Waals surface area contributed by atoms with E-state index in [1.807, 2.05) is 35.9 Å². The Morgan fingerprint density at radius 3 is 2.90 bits per heavy atom. The van der Waals surface area contributed by atoms with Crippen LogP contribution in [0.2, 0.25) is 0 Å². The van der Waals surface area contributed by atoms with Gasteiger partial charge < -0.3 is 15.5 Å². The quantitative estimate of drug-likeness (QED) is 0.884. The molecule has 0 fully saturated rings. The Balaban J connectivity index is 0.00000180. The fourth-order valence-electron chi connectivity index (χ4n) is 1.71. The van der Waals surface area contributed by atoms with Gasteiger partial charge in [0.05, 0.1) is 0 Å². The van der Waals surface area contributed by atoms with Crippen LogP contribution < -0.4 is 11.1 Å². The van der Waals surface area contributed by atoms with Crippen molar-refractivity contribution in [2.75, 3.05) is 0 Å².